The van der Waals surface area contributed by atoms with E-state index in [0.717, 1.165) is 28.3 Å². The maximum absolute atomic E-state index is 12.7. The molecule has 0 bridgehead atoms. The number of nitrogens with one attached hydrogen (secondary N) is 1. The van der Waals surface area contributed by atoms with E-state index >= 15 is 0 Å². The zero-order chi connectivity index (χ0) is 21.4. The van der Waals surface area contributed by atoms with Crippen LogP contribution < -0.4 is 4.72 Å². The molecule has 2 heterocycles. The maximum atomic E-state index is 12.7. The number of aliphatic carboxylic acids is 1. The monoisotopic (exact) mass is 441 g/mol. The Kier molecular flexibility index (Phi) is 5.77. The zero-order valence-corrected chi connectivity index (χ0v) is 18.6. The van der Waals surface area contributed by atoms with Crippen molar-refractivity contribution in [3.05, 3.63) is 53.4 Å². The Labute approximate surface area is 181 Å². The second kappa shape index (κ2) is 8.34. The summed E-state index contributed by atoms with van der Waals surface area (Å²) in [5.74, 6) is -1.21. The van der Waals surface area contributed by atoms with Crippen LogP contribution in [0.5, 0.6) is 0 Å². The standard InChI is InChI=1S/C23H23NO4S2/c1-4-15-6-10-21(29-15)14-5-9-19-18(11-14)17-8-7-16(12-20(17)28-19)30(27)24-22(13(2)3)23(25)26/h5-13,22,24H,4H2,1-3H3,(H,25,26). The van der Waals surface area contributed by atoms with Gasteiger partial charge in [-0.2, -0.15) is 0 Å². The average Bonchev–Trinajstić information content (AvgIpc) is 3.34. The van der Waals surface area contributed by atoms with Crippen LogP contribution in [-0.2, 0) is 22.2 Å². The average molecular weight is 442 g/mol. The molecule has 0 fully saturated rings. The van der Waals surface area contributed by atoms with Gasteiger partial charge in [-0.25, -0.2) is 8.93 Å². The minimum atomic E-state index is -1.65. The third-order valence-electron chi connectivity index (χ3n) is 5.12. The van der Waals surface area contributed by atoms with Gasteiger partial charge in [0.1, 0.15) is 28.2 Å². The summed E-state index contributed by atoms with van der Waals surface area (Å²) in [4.78, 5) is 14.4. The van der Waals surface area contributed by atoms with Gasteiger partial charge in [-0.1, -0.05) is 20.8 Å². The van der Waals surface area contributed by atoms with E-state index in [4.69, 9.17) is 4.42 Å². The molecule has 2 N–H and O–H groups in total. The fraction of sp³-hybridized carbons (Fsp3) is 0.261. The first-order valence-electron chi connectivity index (χ1n) is 9.83. The Morgan fingerprint density at radius 2 is 1.90 bits per heavy atom. The predicted molar refractivity (Wildman–Crippen MR) is 122 cm³/mol. The zero-order valence-electron chi connectivity index (χ0n) is 17.0. The molecule has 0 amide bonds. The molecule has 2 unspecified atom stereocenters. The van der Waals surface area contributed by atoms with E-state index in [9.17, 15) is 14.1 Å². The van der Waals surface area contributed by atoms with Crippen molar-refractivity contribution in [2.75, 3.05) is 0 Å². The molecule has 2 atom stereocenters. The number of carboxylic acids is 1. The fourth-order valence-electron chi connectivity index (χ4n) is 3.40. The van der Waals surface area contributed by atoms with Crippen molar-refractivity contribution in [3.63, 3.8) is 0 Å². The maximum Gasteiger partial charge on any atom is 0.321 e. The van der Waals surface area contributed by atoms with Crippen LogP contribution in [0.3, 0.4) is 0 Å². The Hall–Kier alpha value is -2.48. The minimum Gasteiger partial charge on any atom is -0.480 e. The van der Waals surface area contributed by atoms with Crippen molar-refractivity contribution in [2.24, 2.45) is 5.92 Å². The summed E-state index contributed by atoms with van der Waals surface area (Å²) in [7, 11) is -1.65. The van der Waals surface area contributed by atoms with Gasteiger partial charge in [-0.15, -0.1) is 11.3 Å². The van der Waals surface area contributed by atoms with Crippen molar-refractivity contribution >= 4 is 50.2 Å². The smallest absolute Gasteiger partial charge is 0.321 e. The van der Waals surface area contributed by atoms with E-state index in [1.54, 1.807) is 37.3 Å². The lowest BCUT2D eigenvalue weighted by atomic mass is 10.1. The van der Waals surface area contributed by atoms with Crippen LogP contribution in [0.1, 0.15) is 25.6 Å². The molecule has 5 nitrogen and oxygen atoms in total. The SMILES string of the molecule is CCc1ccc(-c2ccc3oc4cc(S(=O)NC(C(=O)O)C(C)C)ccc4c3c2)s1. The number of furan rings is 1. The van der Waals surface area contributed by atoms with Gasteiger partial charge in [0.2, 0.25) is 0 Å². The van der Waals surface area contributed by atoms with Gasteiger partial charge < -0.3 is 9.52 Å². The van der Waals surface area contributed by atoms with Gasteiger partial charge in [0.15, 0.2) is 0 Å². The molecule has 156 valence electrons. The third kappa shape index (κ3) is 3.93. The molecule has 2 aromatic heterocycles. The van der Waals surface area contributed by atoms with Gasteiger partial charge >= 0.3 is 5.97 Å². The second-order valence-electron chi connectivity index (χ2n) is 7.54. The predicted octanol–water partition coefficient (Wildman–Crippen LogP) is 5.60. The highest BCUT2D eigenvalue weighted by molar-refractivity contribution is 7.83. The van der Waals surface area contributed by atoms with Crippen LogP contribution in [-0.4, -0.2) is 21.3 Å². The number of hydrogen-bond donors (Lipinski definition) is 2. The second-order valence-corrected chi connectivity index (χ2v) is 9.95. The Balaban J connectivity index is 1.69. The normalized spacial score (nSPS) is 13.9. The lowest BCUT2D eigenvalue weighted by Gasteiger charge is -2.17. The molecule has 0 spiro atoms. The number of fused-ring (bicyclic) bond motifs is 3. The molecule has 4 rings (SSSR count). The molecule has 7 heteroatoms. The molecule has 0 saturated carbocycles. The summed E-state index contributed by atoms with van der Waals surface area (Å²) in [6.07, 6.45) is 1.02. The van der Waals surface area contributed by atoms with Crippen molar-refractivity contribution in [1.82, 2.24) is 4.72 Å². The number of thiophene rings is 1. The minimum absolute atomic E-state index is 0.190. The van der Waals surface area contributed by atoms with E-state index in [0.29, 0.717) is 10.5 Å². The van der Waals surface area contributed by atoms with Crippen LogP contribution in [0.15, 0.2) is 57.8 Å². The Morgan fingerprint density at radius 1 is 1.10 bits per heavy atom. The van der Waals surface area contributed by atoms with Crippen molar-refractivity contribution in [1.29, 1.82) is 0 Å². The molecular formula is C23H23NO4S2. The molecule has 2 aromatic carbocycles. The first-order chi connectivity index (χ1) is 14.4. The van der Waals surface area contributed by atoms with E-state index in [1.165, 1.54) is 9.75 Å². The molecule has 0 aliphatic heterocycles. The molecule has 0 aliphatic carbocycles. The molecule has 0 saturated heterocycles. The van der Waals surface area contributed by atoms with Crippen LogP contribution in [0, 0.1) is 5.92 Å². The fourth-order valence-corrected chi connectivity index (χ4v) is 5.49. The first-order valence-corrected chi connectivity index (χ1v) is 11.8. The number of carboxylic acid groups (broad SMARTS) is 1. The number of benzene rings is 2. The summed E-state index contributed by atoms with van der Waals surface area (Å²) in [5, 5.41) is 11.3. The van der Waals surface area contributed by atoms with Crippen LogP contribution >= 0.6 is 11.3 Å². The quantitative estimate of drug-likeness (QED) is 0.391. The third-order valence-corrected chi connectivity index (χ3v) is 7.55. The summed E-state index contributed by atoms with van der Waals surface area (Å²) >= 11 is 1.79. The lowest BCUT2D eigenvalue weighted by molar-refractivity contribution is -0.140. The Bertz CT molecular complexity index is 1250. The summed E-state index contributed by atoms with van der Waals surface area (Å²) < 4.78 is 21.4. The van der Waals surface area contributed by atoms with Crippen molar-refractivity contribution in [3.8, 4) is 10.4 Å². The molecule has 0 radical (unpaired) electrons. The lowest BCUT2D eigenvalue weighted by Crippen LogP contribution is -2.41. The summed E-state index contributed by atoms with van der Waals surface area (Å²) in [5.41, 5.74) is 2.54. The summed E-state index contributed by atoms with van der Waals surface area (Å²) in [6, 6.07) is 14.9. The largest absolute Gasteiger partial charge is 0.480 e. The first kappa shape index (κ1) is 20.8. The van der Waals surface area contributed by atoms with Gasteiger partial charge in [0.05, 0.1) is 4.90 Å². The van der Waals surface area contributed by atoms with Crippen LogP contribution in [0.4, 0.5) is 0 Å². The number of carbonyl (C=O) groups is 1. The van der Waals surface area contributed by atoms with E-state index in [1.807, 2.05) is 12.1 Å². The van der Waals surface area contributed by atoms with E-state index < -0.39 is 23.0 Å². The van der Waals surface area contributed by atoms with E-state index in [-0.39, 0.29) is 5.92 Å². The van der Waals surface area contributed by atoms with Crippen LogP contribution in [0.2, 0.25) is 0 Å². The van der Waals surface area contributed by atoms with Gasteiger partial charge in [0, 0.05) is 20.5 Å². The molecule has 0 aliphatic rings. The van der Waals surface area contributed by atoms with Gasteiger partial charge in [0.25, 0.3) is 0 Å². The molecule has 30 heavy (non-hydrogen) atoms. The highest BCUT2D eigenvalue weighted by Gasteiger charge is 2.24. The van der Waals surface area contributed by atoms with Crippen LogP contribution in [0.25, 0.3) is 32.4 Å². The highest BCUT2D eigenvalue weighted by Crippen LogP contribution is 2.35. The number of aryl methyl sites for hydroxylation is 1. The number of rotatable bonds is 7. The number of hydrogen-bond acceptors (Lipinski definition) is 4. The highest BCUT2D eigenvalue weighted by atomic mass is 32.2. The van der Waals surface area contributed by atoms with Crippen molar-refractivity contribution < 1.29 is 18.5 Å². The molecule has 4 aromatic rings. The Morgan fingerprint density at radius 3 is 2.57 bits per heavy atom. The molecular weight excluding hydrogens is 418 g/mol. The van der Waals surface area contributed by atoms with Gasteiger partial charge in [-0.05, 0) is 66.4 Å². The van der Waals surface area contributed by atoms with Crippen molar-refractivity contribution in [2.45, 2.75) is 38.1 Å². The van der Waals surface area contributed by atoms with Gasteiger partial charge in [-0.3, -0.25) is 4.79 Å². The topological polar surface area (TPSA) is 79.5 Å². The summed E-state index contributed by atoms with van der Waals surface area (Å²) in [6.45, 7) is 5.71. The van der Waals surface area contributed by atoms with E-state index in [2.05, 4.69) is 35.9 Å².